The second kappa shape index (κ2) is 5.16. The summed E-state index contributed by atoms with van der Waals surface area (Å²) in [5.74, 6) is 0. The van der Waals surface area contributed by atoms with Crippen LogP contribution in [0.2, 0.25) is 5.02 Å². The van der Waals surface area contributed by atoms with E-state index >= 15 is 0 Å². The van der Waals surface area contributed by atoms with Gasteiger partial charge in [-0.05, 0) is 24.5 Å². The number of aromatic nitrogens is 3. The highest BCUT2D eigenvalue weighted by atomic mass is 35.5. The number of nitrogens with zero attached hydrogens (tertiary/aromatic N) is 4. The lowest BCUT2D eigenvalue weighted by molar-refractivity contribution is 0.896. The van der Waals surface area contributed by atoms with Crippen LogP contribution in [0.1, 0.15) is 5.56 Å². The molecule has 0 aliphatic rings. The highest BCUT2D eigenvalue weighted by Crippen LogP contribution is 2.26. The zero-order valence-corrected chi connectivity index (χ0v) is 12.1. The van der Waals surface area contributed by atoms with Crippen LogP contribution in [0.3, 0.4) is 0 Å². The second-order valence-electron chi connectivity index (χ2n) is 4.07. The number of thioether (sulfide) groups is 1. The Hall–Kier alpha value is -2.03. The first-order valence-corrected chi connectivity index (χ1v) is 7.42. The molecule has 2 aromatic heterocycles. The molecule has 0 radical (unpaired) electrons. The van der Waals surface area contributed by atoms with Crippen LogP contribution in [0.25, 0.3) is 16.9 Å². The Balaban J connectivity index is 2.30. The molecule has 0 aliphatic heterocycles. The third-order valence-corrected chi connectivity index (χ3v) is 3.86. The lowest BCUT2D eigenvalue weighted by Gasteiger charge is -2.04. The summed E-state index contributed by atoms with van der Waals surface area (Å²) in [4.78, 5) is 4.26. The van der Waals surface area contributed by atoms with E-state index in [1.54, 1.807) is 10.7 Å². The summed E-state index contributed by atoms with van der Waals surface area (Å²) in [6.07, 6.45) is 3.58. The molecular weight excluding hydrogens is 292 g/mol. The zero-order valence-electron chi connectivity index (χ0n) is 10.5. The summed E-state index contributed by atoms with van der Waals surface area (Å²) in [5.41, 5.74) is 2.93. The van der Waals surface area contributed by atoms with Crippen molar-refractivity contribution in [3.8, 4) is 17.3 Å². The number of nitriles is 1. The first kappa shape index (κ1) is 13.0. The smallest absolute Gasteiger partial charge is 0.174 e. The molecule has 3 aromatic rings. The van der Waals surface area contributed by atoms with Crippen LogP contribution in [0, 0.1) is 11.3 Å². The monoisotopic (exact) mass is 300 g/mol. The average Bonchev–Trinajstić information content (AvgIpc) is 2.85. The van der Waals surface area contributed by atoms with Crippen molar-refractivity contribution in [3.63, 3.8) is 0 Å². The standard InChI is InChI=1S/C14H9ClN4S/c1-20-14-11(8-16)13-17-7-6-12(19(13)18-14)9-2-4-10(15)5-3-9/h2-7H,1H3. The van der Waals surface area contributed by atoms with E-state index in [4.69, 9.17) is 11.6 Å². The first-order valence-electron chi connectivity index (χ1n) is 5.82. The van der Waals surface area contributed by atoms with Crippen LogP contribution in [0.4, 0.5) is 0 Å². The van der Waals surface area contributed by atoms with Crippen molar-refractivity contribution in [1.29, 1.82) is 5.26 Å². The van der Waals surface area contributed by atoms with Gasteiger partial charge in [-0.15, -0.1) is 11.8 Å². The largest absolute Gasteiger partial charge is 0.236 e. The van der Waals surface area contributed by atoms with Crippen molar-refractivity contribution in [2.45, 2.75) is 5.03 Å². The number of halogens is 1. The topological polar surface area (TPSA) is 54.0 Å². The molecule has 3 rings (SSSR count). The molecule has 0 saturated heterocycles. The molecule has 0 bridgehead atoms. The van der Waals surface area contributed by atoms with Gasteiger partial charge < -0.3 is 0 Å². The molecule has 2 heterocycles. The van der Waals surface area contributed by atoms with Crippen LogP contribution < -0.4 is 0 Å². The number of benzene rings is 1. The SMILES string of the molecule is CSc1nn2c(-c3ccc(Cl)cc3)ccnc2c1C#N. The van der Waals surface area contributed by atoms with Gasteiger partial charge in [0, 0.05) is 16.8 Å². The summed E-state index contributed by atoms with van der Waals surface area (Å²) >= 11 is 7.35. The lowest BCUT2D eigenvalue weighted by Crippen LogP contribution is -1.95. The highest BCUT2D eigenvalue weighted by Gasteiger charge is 2.15. The Morgan fingerprint density at radius 2 is 2.00 bits per heavy atom. The maximum atomic E-state index is 9.26. The zero-order chi connectivity index (χ0) is 14.1. The molecule has 0 saturated carbocycles. The van der Waals surface area contributed by atoms with Gasteiger partial charge >= 0.3 is 0 Å². The van der Waals surface area contributed by atoms with E-state index in [9.17, 15) is 5.26 Å². The van der Waals surface area contributed by atoms with Gasteiger partial charge in [0.2, 0.25) is 0 Å². The molecule has 4 nitrogen and oxygen atoms in total. The van der Waals surface area contributed by atoms with Crippen LogP contribution in [-0.4, -0.2) is 20.9 Å². The van der Waals surface area contributed by atoms with Crippen LogP contribution in [0.5, 0.6) is 0 Å². The second-order valence-corrected chi connectivity index (χ2v) is 5.30. The van der Waals surface area contributed by atoms with E-state index in [1.165, 1.54) is 11.8 Å². The van der Waals surface area contributed by atoms with E-state index in [2.05, 4.69) is 16.2 Å². The summed E-state index contributed by atoms with van der Waals surface area (Å²) in [6.45, 7) is 0. The molecule has 1 aromatic carbocycles. The number of hydrogen-bond acceptors (Lipinski definition) is 4. The van der Waals surface area contributed by atoms with Crippen molar-refractivity contribution in [2.75, 3.05) is 6.26 Å². The molecule has 98 valence electrons. The van der Waals surface area contributed by atoms with Crippen molar-refractivity contribution in [3.05, 3.63) is 47.1 Å². The van der Waals surface area contributed by atoms with Crippen LogP contribution >= 0.6 is 23.4 Å². The van der Waals surface area contributed by atoms with E-state index in [0.29, 0.717) is 21.3 Å². The number of fused-ring (bicyclic) bond motifs is 1. The van der Waals surface area contributed by atoms with Gasteiger partial charge in [0.25, 0.3) is 0 Å². The van der Waals surface area contributed by atoms with E-state index in [0.717, 1.165) is 11.3 Å². The Kier molecular flexibility index (Phi) is 3.35. The molecule has 0 aliphatic carbocycles. The maximum Gasteiger partial charge on any atom is 0.174 e. The fourth-order valence-electron chi connectivity index (χ4n) is 2.01. The quantitative estimate of drug-likeness (QED) is 0.678. The summed E-state index contributed by atoms with van der Waals surface area (Å²) in [7, 11) is 0. The van der Waals surface area contributed by atoms with Crippen molar-refractivity contribution >= 4 is 29.0 Å². The van der Waals surface area contributed by atoms with Gasteiger partial charge in [0.15, 0.2) is 5.65 Å². The fraction of sp³-hybridized carbons (Fsp3) is 0.0714. The van der Waals surface area contributed by atoms with E-state index < -0.39 is 0 Å². The minimum absolute atomic E-state index is 0.508. The molecule has 0 N–H and O–H groups in total. The summed E-state index contributed by atoms with van der Waals surface area (Å²) in [5, 5.41) is 15.1. The molecule has 0 amide bonds. The normalized spacial score (nSPS) is 10.7. The minimum Gasteiger partial charge on any atom is -0.236 e. The Morgan fingerprint density at radius 1 is 1.25 bits per heavy atom. The molecule has 0 atom stereocenters. The predicted octanol–water partition coefficient (Wildman–Crippen LogP) is 3.64. The maximum absolute atomic E-state index is 9.26. The van der Waals surface area contributed by atoms with Crippen molar-refractivity contribution in [2.24, 2.45) is 0 Å². The average molecular weight is 301 g/mol. The number of rotatable bonds is 2. The lowest BCUT2D eigenvalue weighted by atomic mass is 10.1. The first-order chi connectivity index (χ1) is 9.74. The molecule has 0 unspecified atom stereocenters. The van der Waals surface area contributed by atoms with Crippen LogP contribution in [0.15, 0.2) is 41.6 Å². The van der Waals surface area contributed by atoms with Gasteiger partial charge in [0.1, 0.15) is 16.7 Å². The third-order valence-electron chi connectivity index (χ3n) is 2.93. The Morgan fingerprint density at radius 3 is 2.65 bits per heavy atom. The van der Waals surface area contributed by atoms with E-state index in [1.807, 2.05) is 36.6 Å². The molecular formula is C14H9ClN4S. The van der Waals surface area contributed by atoms with Crippen molar-refractivity contribution < 1.29 is 0 Å². The van der Waals surface area contributed by atoms with Gasteiger partial charge in [-0.3, -0.25) is 0 Å². The minimum atomic E-state index is 0.508. The van der Waals surface area contributed by atoms with Crippen LogP contribution in [-0.2, 0) is 0 Å². The molecule has 20 heavy (non-hydrogen) atoms. The van der Waals surface area contributed by atoms with Crippen molar-refractivity contribution in [1.82, 2.24) is 14.6 Å². The molecule has 0 fully saturated rings. The van der Waals surface area contributed by atoms with Gasteiger partial charge in [0.05, 0.1) is 5.69 Å². The highest BCUT2D eigenvalue weighted by molar-refractivity contribution is 7.98. The third kappa shape index (κ3) is 2.03. The summed E-state index contributed by atoms with van der Waals surface area (Å²) in [6, 6.07) is 11.5. The van der Waals surface area contributed by atoms with Gasteiger partial charge in [-0.2, -0.15) is 10.4 Å². The Labute approximate surface area is 125 Å². The predicted molar refractivity (Wildman–Crippen MR) is 79.9 cm³/mol. The van der Waals surface area contributed by atoms with E-state index in [-0.39, 0.29) is 0 Å². The fourth-order valence-corrected chi connectivity index (χ4v) is 2.64. The Bertz CT molecular complexity index is 818. The molecule has 6 heteroatoms. The van der Waals surface area contributed by atoms with Gasteiger partial charge in [-0.1, -0.05) is 23.7 Å². The molecule has 0 spiro atoms. The number of hydrogen-bond donors (Lipinski definition) is 0. The van der Waals surface area contributed by atoms with Gasteiger partial charge in [-0.25, -0.2) is 9.50 Å². The summed E-state index contributed by atoms with van der Waals surface area (Å²) < 4.78 is 1.70.